The molecule has 13 N–H and O–H groups in total. The van der Waals surface area contributed by atoms with E-state index in [1.807, 2.05) is 65.1 Å². The van der Waals surface area contributed by atoms with Crippen molar-refractivity contribution < 1.29 is 78.3 Å². The van der Waals surface area contributed by atoms with Gasteiger partial charge in [0.2, 0.25) is 17.7 Å². The maximum atomic E-state index is 13.7. The van der Waals surface area contributed by atoms with E-state index in [1.165, 1.54) is 46.8 Å². The highest BCUT2D eigenvalue weighted by atomic mass is 127. The Labute approximate surface area is 446 Å². The molecule has 0 spiro atoms. The third kappa shape index (κ3) is 20.6. The Hall–Kier alpha value is -8.76. The van der Waals surface area contributed by atoms with Crippen LogP contribution >= 0.6 is 22.6 Å². The number of halogens is 1. The summed E-state index contributed by atoms with van der Waals surface area (Å²) in [7, 11) is 0. The van der Waals surface area contributed by atoms with Crippen molar-refractivity contribution in [2.75, 3.05) is 12.0 Å². The number of fused-ring (bicyclic) bond motifs is 1. The second-order valence-corrected chi connectivity index (χ2v) is 17.4. The molecule has 5 unspecified atom stereocenters. The van der Waals surface area contributed by atoms with Gasteiger partial charge < -0.3 is 62.8 Å². The number of carbonyl (C=O) groups excluding carboxylic acids is 6. The minimum atomic E-state index is -1.67. The Balaban J connectivity index is 1.38. The molecule has 4 aromatic rings. The highest BCUT2D eigenvalue weighted by Gasteiger charge is 2.30. The first kappa shape index (κ1) is 59.8. The molecule has 0 saturated heterocycles. The number of carboxylic acids is 5. The molecule has 1 aromatic heterocycles. The smallest absolute Gasteiger partial charge is 0.326 e. The zero-order chi connectivity index (χ0) is 55.7. The van der Waals surface area contributed by atoms with Crippen LogP contribution < -0.4 is 42.6 Å². The predicted octanol–water partition coefficient (Wildman–Crippen LogP) is 1.96. The van der Waals surface area contributed by atoms with E-state index in [0.717, 1.165) is 10.8 Å². The van der Waals surface area contributed by atoms with Gasteiger partial charge in [-0.15, -0.1) is 0 Å². The third-order valence-electron chi connectivity index (χ3n) is 11.2. The van der Waals surface area contributed by atoms with Gasteiger partial charge in [0.05, 0.1) is 16.2 Å². The molecule has 76 heavy (non-hydrogen) atoms. The van der Waals surface area contributed by atoms with Gasteiger partial charge in [0.25, 0.3) is 11.8 Å². The number of hydrogen-bond donors (Lipinski definition) is 13. The molecule has 3 aromatic carbocycles. The Morgan fingerprint density at radius 1 is 0.553 bits per heavy atom. The molecule has 26 nitrogen and oxygen atoms in total. The van der Waals surface area contributed by atoms with E-state index in [4.69, 9.17) is 5.11 Å². The number of nitrogens with one attached hydrogen (secondary N) is 8. The number of aliphatic carboxylic acids is 5. The summed E-state index contributed by atoms with van der Waals surface area (Å²) in [5.41, 5.74) is 3.86. The van der Waals surface area contributed by atoms with E-state index >= 15 is 0 Å². The topological polar surface area (TPSA) is 410 Å². The molecule has 0 saturated carbocycles. The fraction of sp³-hybridized carbons (Fsp3) is 0.327. The fourth-order valence-electron chi connectivity index (χ4n) is 7.21. The van der Waals surface area contributed by atoms with Gasteiger partial charge in [-0.1, -0.05) is 54.6 Å². The van der Waals surface area contributed by atoms with Crippen molar-refractivity contribution in [3.05, 3.63) is 107 Å². The van der Waals surface area contributed by atoms with Crippen LogP contribution in [0.5, 0.6) is 0 Å². The number of pyridine rings is 1. The molecule has 404 valence electrons. The number of aromatic nitrogens is 1. The number of urea groups is 1. The van der Waals surface area contributed by atoms with Crippen molar-refractivity contribution in [2.24, 2.45) is 5.10 Å². The van der Waals surface area contributed by atoms with Crippen molar-refractivity contribution in [3.8, 4) is 0 Å². The number of anilines is 1. The maximum absolute atomic E-state index is 13.7. The highest BCUT2D eigenvalue weighted by molar-refractivity contribution is 14.1. The lowest BCUT2D eigenvalue weighted by molar-refractivity contribution is -0.142. The lowest BCUT2D eigenvalue weighted by atomic mass is 10.0. The van der Waals surface area contributed by atoms with Crippen LogP contribution in [-0.2, 0) is 51.3 Å². The molecule has 0 fully saturated rings. The predicted molar refractivity (Wildman–Crippen MR) is 278 cm³/mol. The second kappa shape index (κ2) is 30.4. The van der Waals surface area contributed by atoms with Gasteiger partial charge in [-0.3, -0.25) is 43.8 Å². The van der Waals surface area contributed by atoms with Crippen LogP contribution in [0.15, 0.2) is 90.2 Å². The zero-order valence-electron chi connectivity index (χ0n) is 40.3. The monoisotopic (exact) mass is 1170 g/mol. The van der Waals surface area contributed by atoms with E-state index in [1.54, 1.807) is 0 Å². The number of hydrogen-bond acceptors (Lipinski definition) is 14. The summed E-state index contributed by atoms with van der Waals surface area (Å²) in [5, 5.41) is 69.2. The van der Waals surface area contributed by atoms with E-state index in [2.05, 4.69) is 52.7 Å². The molecule has 1 heterocycles. The maximum Gasteiger partial charge on any atom is 0.326 e. The number of carbonyl (C=O) groups is 11. The summed E-state index contributed by atoms with van der Waals surface area (Å²) in [5.74, 6) is -10.7. The van der Waals surface area contributed by atoms with Crippen LogP contribution in [0, 0.1) is 0 Å². The van der Waals surface area contributed by atoms with Crippen LogP contribution in [0.1, 0.15) is 83.2 Å². The van der Waals surface area contributed by atoms with Crippen LogP contribution in [0.3, 0.4) is 0 Å². The molecular formula is C49H55IN10O16. The van der Waals surface area contributed by atoms with E-state index in [9.17, 15) is 73.2 Å². The fourth-order valence-corrected chi connectivity index (χ4v) is 7.35. The van der Waals surface area contributed by atoms with Crippen molar-refractivity contribution >= 4 is 109 Å². The van der Waals surface area contributed by atoms with Crippen LogP contribution in [0.25, 0.3) is 10.8 Å². The number of amides is 7. The lowest BCUT2D eigenvalue weighted by Gasteiger charge is -2.22. The number of hydrazone groups is 1. The number of unbranched alkanes of at least 4 members (excludes halogenated alkanes) is 1. The molecule has 0 bridgehead atoms. The summed E-state index contributed by atoms with van der Waals surface area (Å²) in [6.45, 7) is -0.186. The largest absolute Gasteiger partial charge is 0.481 e. The lowest BCUT2D eigenvalue weighted by Crippen LogP contribution is -2.54. The van der Waals surface area contributed by atoms with Crippen molar-refractivity contribution in [2.45, 2.75) is 94.5 Å². The first-order valence-electron chi connectivity index (χ1n) is 23.3. The molecule has 0 aliphatic rings. The van der Waals surface area contributed by atoms with Gasteiger partial charge in [-0.2, -0.15) is 5.10 Å². The Kier molecular flexibility index (Phi) is 24.0. The summed E-state index contributed by atoms with van der Waals surface area (Å²) in [6.07, 6.45) is -1.36. The van der Waals surface area contributed by atoms with Crippen molar-refractivity contribution in [3.63, 3.8) is 0 Å². The van der Waals surface area contributed by atoms with Gasteiger partial charge in [-0.05, 0) is 101 Å². The average molecular weight is 1170 g/mol. The number of nitrogens with zero attached hydrogens (tertiary/aromatic N) is 2. The molecule has 0 radical (unpaired) electrons. The van der Waals surface area contributed by atoms with Gasteiger partial charge in [0, 0.05) is 44.1 Å². The van der Waals surface area contributed by atoms with Crippen molar-refractivity contribution in [1.82, 2.24) is 42.2 Å². The van der Waals surface area contributed by atoms with E-state index in [0.29, 0.717) is 16.9 Å². The van der Waals surface area contributed by atoms with Gasteiger partial charge in [0.15, 0.2) is 0 Å². The molecule has 7 amide bonds. The summed E-state index contributed by atoms with van der Waals surface area (Å²) in [4.78, 5) is 141. The molecule has 4 rings (SSSR count). The van der Waals surface area contributed by atoms with Crippen molar-refractivity contribution in [1.29, 1.82) is 0 Å². The van der Waals surface area contributed by atoms with E-state index < -0.39 is 128 Å². The Morgan fingerprint density at radius 2 is 1.13 bits per heavy atom. The quantitative estimate of drug-likeness (QED) is 0.0148. The van der Waals surface area contributed by atoms with Crippen LogP contribution in [0.2, 0.25) is 0 Å². The molecular weight excluding hydrogens is 1110 g/mol. The molecule has 0 aliphatic heterocycles. The summed E-state index contributed by atoms with van der Waals surface area (Å²) in [6, 6.07) is 13.2. The number of carboxylic acid groups (broad SMARTS) is 5. The molecule has 0 aliphatic carbocycles. The van der Waals surface area contributed by atoms with Gasteiger partial charge in [-0.25, -0.2) is 19.4 Å². The Morgan fingerprint density at radius 3 is 1.74 bits per heavy atom. The minimum Gasteiger partial charge on any atom is -0.481 e. The molecule has 27 heteroatoms. The van der Waals surface area contributed by atoms with Gasteiger partial charge >= 0.3 is 35.9 Å². The first-order valence-corrected chi connectivity index (χ1v) is 24.5. The number of rotatable bonds is 31. The second-order valence-electron chi connectivity index (χ2n) is 16.8. The van der Waals surface area contributed by atoms with Crippen LogP contribution in [0.4, 0.5) is 10.6 Å². The first-order chi connectivity index (χ1) is 36.2. The highest BCUT2D eigenvalue weighted by Crippen LogP contribution is 2.18. The summed E-state index contributed by atoms with van der Waals surface area (Å²) >= 11 is 1.88. The van der Waals surface area contributed by atoms with Crippen LogP contribution in [-0.4, -0.2) is 137 Å². The third-order valence-corrected chi connectivity index (χ3v) is 11.4. The SMILES string of the molecule is O=C(O)CCC(NC(=O)NC(CCCCNC(=O)C(Cc1ccc2ccccc2c1)NC(=O)c1ccc(CNC(=O)C(CC(=O)O)NC(=O)C(CCC(=O)O)NC(=O)c2ccc(N/N=C/I)nc2)cc1)C(=O)O)C(=O)O. The normalized spacial score (nSPS) is 12.9. The minimum absolute atomic E-state index is 0.00102. The zero-order valence-corrected chi connectivity index (χ0v) is 42.5. The number of benzene rings is 3. The Bertz CT molecular complexity index is 2780. The van der Waals surface area contributed by atoms with Gasteiger partial charge in [0.1, 0.15) is 36.0 Å². The standard InChI is InChI=1S/C49H55IN10O16/c50-26-54-60-38-17-14-32(25-52-38)43(68)55-33(15-18-39(61)62)46(71)57-37(23-41(65)66)45(70)53-24-27-8-12-30(13-9-27)42(67)56-36(22-28-10-11-29-5-1-2-6-31(29)21-28)44(69)51-20-4-3-7-34(47(72)73)58-49(76)59-35(48(74)75)16-19-40(63)64/h1-2,5-6,8-14,17,21,25-26,33-37H,3-4,7,15-16,18-20,22-24H2,(H,51,69)(H,52,60)(H,53,70)(H,55,68)(H,56,67)(H,57,71)(H,61,62)(H,63,64)(H,65,66)(H,72,73)(H,74,75)(H2,58,59,76)/b54-26+. The van der Waals surface area contributed by atoms with E-state index in [-0.39, 0.29) is 49.9 Å². The average Bonchev–Trinajstić information content (AvgIpc) is 3.38. The summed E-state index contributed by atoms with van der Waals surface area (Å²) < 4.78 is 1.44. The molecule has 5 atom stereocenters.